The summed E-state index contributed by atoms with van der Waals surface area (Å²) in [6, 6.07) is 0. The Hall–Kier alpha value is -0.230. The first-order chi connectivity index (χ1) is 5.41. The lowest BCUT2D eigenvalue weighted by atomic mass is 10.1. The van der Waals surface area contributed by atoms with Gasteiger partial charge in [0.2, 0.25) is 16.4 Å². The molecule has 1 heterocycles. The molecule has 0 bridgehead atoms. The highest BCUT2D eigenvalue weighted by Crippen LogP contribution is 2.23. The Balaban J connectivity index is 2.58. The van der Waals surface area contributed by atoms with Gasteiger partial charge >= 0.3 is 0 Å². The van der Waals surface area contributed by atoms with E-state index in [1.165, 1.54) is 0 Å². The van der Waals surface area contributed by atoms with Gasteiger partial charge in [-0.1, -0.05) is 0 Å². The summed E-state index contributed by atoms with van der Waals surface area (Å²) in [6.07, 6.45) is -1.09. The molecule has 0 N–H and O–H groups in total. The highest BCUT2D eigenvalue weighted by atomic mass is 32.2. The summed E-state index contributed by atoms with van der Waals surface area (Å²) in [7, 11) is -3.27. The van der Waals surface area contributed by atoms with E-state index < -0.39 is 22.4 Å². The topological polar surface area (TPSA) is 37.4 Å². The van der Waals surface area contributed by atoms with Crippen molar-refractivity contribution in [3.05, 3.63) is 0 Å². The van der Waals surface area contributed by atoms with Crippen LogP contribution in [0.4, 0.5) is 8.78 Å². The monoisotopic (exact) mass is 199 g/mol. The second-order valence-electron chi connectivity index (χ2n) is 3.00. The summed E-state index contributed by atoms with van der Waals surface area (Å²) < 4.78 is 47.0. The van der Waals surface area contributed by atoms with Crippen molar-refractivity contribution in [2.45, 2.75) is 12.8 Å². The molecular formula is C6H11F2NO2S. The smallest absolute Gasteiger partial charge is 0.213 e. The Labute approximate surface area is 70.4 Å². The van der Waals surface area contributed by atoms with Crippen LogP contribution in [-0.2, 0) is 10.0 Å². The third kappa shape index (κ3) is 2.13. The van der Waals surface area contributed by atoms with Crippen LogP contribution < -0.4 is 0 Å². The first-order valence-electron chi connectivity index (χ1n) is 3.64. The average Bonchev–Trinajstić information content (AvgIpc) is 2.30. The quantitative estimate of drug-likeness (QED) is 0.650. The predicted octanol–water partition coefficient (Wildman–Crippen LogP) is 0.533. The number of alkyl halides is 2. The Morgan fingerprint density at radius 3 is 2.33 bits per heavy atom. The molecule has 0 aliphatic carbocycles. The summed E-state index contributed by atoms with van der Waals surface area (Å²) in [6.45, 7) is 0.199. The lowest BCUT2D eigenvalue weighted by Crippen LogP contribution is -2.28. The van der Waals surface area contributed by atoms with E-state index in [1.54, 1.807) is 0 Å². The van der Waals surface area contributed by atoms with E-state index in [4.69, 9.17) is 0 Å². The summed E-state index contributed by atoms with van der Waals surface area (Å²) in [5, 5.41) is 0. The standard InChI is InChI=1S/C6H11F2NO2S/c1-12(10,11)9-3-2-5(4-9)6(7)8/h5-6H,2-4H2,1H3. The lowest BCUT2D eigenvalue weighted by molar-refractivity contribution is 0.0846. The molecule has 0 saturated carbocycles. The third-order valence-corrected chi connectivity index (χ3v) is 3.28. The maximum atomic E-state index is 12.1. The highest BCUT2D eigenvalue weighted by Gasteiger charge is 2.33. The first kappa shape index (κ1) is 9.85. The average molecular weight is 199 g/mol. The molecule has 0 amide bonds. The van der Waals surface area contributed by atoms with Gasteiger partial charge in [-0.05, 0) is 6.42 Å². The minimum atomic E-state index is -3.27. The second kappa shape index (κ2) is 3.26. The number of hydrogen-bond donors (Lipinski definition) is 0. The predicted molar refractivity (Wildman–Crippen MR) is 40.5 cm³/mol. The molecule has 1 saturated heterocycles. The molecule has 12 heavy (non-hydrogen) atoms. The van der Waals surface area contributed by atoms with Gasteiger partial charge in [0.05, 0.1) is 6.26 Å². The van der Waals surface area contributed by atoms with Crippen LogP contribution in [0, 0.1) is 5.92 Å². The molecule has 1 fully saturated rings. The fraction of sp³-hybridized carbons (Fsp3) is 1.00. The molecule has 0 aromatic rings. The SMILES string of the molecule is CS(=O)(=O)N1CCC(C(F)F)C1. The van der Waals surface area contributed by atoms with Crippen molar-refractivity contribution in [3.63, 3.8) is 0 Å². The number of sulfonamides is 1. The molecule has 6 heteroatoms. The van der Waals surface area contributed by atoms with Gasteiger partial charge in [0, 0.05) is 19.0 Å². The van der Waals surface area contributed by atoms with Gasteiger partial charge in [-0.25, -0.2) is 21.5 Å². The molecule has 0 aromatic carbocycles. The zero-order valence-electron chi connectivity index (χ0n) is 6.70. The van der Waals surface area contributed by atoms with Gasteiger partial charge in [0.1, 0.15) is 0 Å². The third-order valence-electron chi connectivity index (χ3n) is 2.01. The van der Waals surface area contributed by atoms with Crippen LogP contribution in [0.5, 0.6) is 0 Å². The van der Waals surface area contributed by atoms with Gasteiger partial charge in [-0.15, -0.1) is 0 Å². The normalized spacial score (nSPS) is 26.8. The molecule has 72 valence electrons. The Kier molecular flexibility index (Phi) is 2.67. The second-order valence-corrected chi connectivity index (χ2v) is 4.99. The fourth-order valence-corrected chi connectivity index (χ4v) is 2.16. The summed E-state index contributed by atoms with van der Waals surface area (Å²) in [4.78, 5) is 0. The minimum absolute atomic E-state index is 0.0312. The molecule has 0 aromatic heterocycles. The Morgan fingerprint density at radius 1 is 1.50 bits per heavy atom. The van der Waals surface area contributed by atoms with Crippen LogP contribution in [0.2, 0.25) is 0 Å². The molecule has 1 unspecified atom stereocenters. The zero-order valence-corrected chi connectivity index (χ0v) is 7.52. The van der Waals surface area contributed by atoms with E-state index in [9.17, 15) is 17.2 Å². The summed E-state index contributed by atoms with van der Waals surface area (Å²) in [5.74, 6) is -0.778. The molecule has 1 rings (SSSR count). The molecular weight excluding hydrogens is 188 g/mol. The van der Waals surface area contributed by atoms with Crippen molar-refractivity contribution in [2.24, 2.45) is 5.92 Å². The Morgan fingerprint density at radius 2 is 2.08 bits per heavy atom. The van der Waals surface area contributed by atoms with E-state index in [2.05, 4.69) is 0 Å². The van der Waals surface area contributed by atoms with E-state index in [-0.39, 0.29) is 19.5 Å². The molecule has 1 atom stereocenters. The highest BCUT2D eigenvalue weighted by molar-refractivity contribution is 7.88. The fourth-order valence-electron chi connectivity index (χ4n) is 1.26. The van der Waals surface area contributed by atoms with Crippen LogP contribution in [0.3, 0.4) is 0 Å². The van der Waals surface area contributed by atoms with Crippen LogP contribution >= 0.6 is 0 Å². The molecule has 1 aliphatic heterocycles. The van der Waals surface area contributed by atoms with Crippen molar-refractivity contribution in [2.75, 3.05) is 19.3 Å². The van der Waals surface area contributed by atoms with E-state index >= 15 is 0 Å². The lowest BCUT2D eigenvalue weighted by Gasteiger charge is -2.12. The van der Waals surface area contributed by atoms with Crippen LogP contribution in [0.25, 0.3) is 0 Å². The van der Waals surface area contributed by atoms with Crippen LogP contribution in [0.15, 0.2) is 0 Å². The van der Waals surface area contributed by atoms with Crippen molar-refractivity contribution in [1.82, 2.24) is 4.31 Å². The van der Waals surface area contributed by atoms with Gasteiger partial charge in [-0.2, -0.15) is 0 Å². The van der Waals surface area contributed by atoms with Crippen LogP contribution in [-0.4, -0.2) is 38.5 Å². The maximum Gasteiger partial charge on any atom is 0.242 e. The van der Waals surface area contributed by atoms with E-state index in [0.717, 1.165) is 10.6 Å². The molecule has 1 aliphatic rings. The van der Waals surface area contributed by atoms with Gasteiger partial charge in [-0.3, -0.25) is 0 Å². The molecule has 0 radical (unpaired) electrons. The van der Waals surface area contributed by atoms with Crippen LogP contribution in [0.1, 0.15) is 6.42 Å². The number of halogens is 2. The number of nitrogens with zero attached hydrogens (tertiary/aromatic N) is 1. The van der Waals surface area contributed by atoms with Crippen molar-refractivity contribution in [1.29, 1.82) is 0 Å². The first-order valence-corrected chi connectivity index (χ1v) is 5.49. The zero-order chi connectivity index (χ0) is 9.35. The Bertz CT molecular complexity index is 252. The van der Waals surface area contributed by atoms with Gasteiger partial charge in [0.25, 0.3) is 0 Å². The van der Waals surface area contributed by atoms with Crippen molar-refractivity contribution < 1.29 is 17.2 Å². The summed E-state index contributed by atoms with van der Waals surface area (Å²) in [5.41, 5.74) is 0. The number of rotatable bonds is 2. The largest absolute Gasteiger partial charge is 0.242 e. The molecule has 3 nitrogen and oxygen atoms in total. The number of hydrogen-bond acceptors (Lipinski definition) is 2. The van der Waals surface area contributed by atoms with Crippen molar-refractivity contribution >= 4 is 10.0 Å². The van der Waals surface area contributed by atoms with Gasteiger partial charge in [0.15, 0.2) is 0 Å². The van der Waals surface area contributed by atoms with Crippen molar-refractivity contribution in [3.8, 4) is 0 Å². The van der Waals surface area contributed by atoms with E-state index in [1.807, 2.05) is 0 Å². The molecule has 0 spiro atoms. The maximum absolute atomic E-state index is 12.1. The van der Waals surface area contributed by atoms with E-state index in [0.29, 0.717) is 0 Å². The van der Waals surface area contributed by atoms with Gasteiger partial charge < -0.3 is 0 Å². The minimum Gasteiger partial charge on any atom is -0.213 e. The summed E-state index contributed by atoms with van der Waals surface area (Å²) >= 11 is 0.